The molecule has 2 unspecified atom stereocenters. The molecule has 15 heavy (non-hydrogen) atoms. The second kappa shape index (κ2) is 4.67. The highest BCUT2D eigenvalue weighted by atomic mass is 16.3. The fraction of sp³-hybridized carbons (Fsp3) is 0.538. The van der Waals surface area contributed by atoms with Gasteiger partial charge in [0.15, 0.2) is 0 Å². The van der Waals surface area contributed by atoms with E-state index in [0.717, 1.165) is 12.8 Å². The maximum absolute atomic E-state index is 9.18. The Labute approximate surface area is 92.1 Å². The van der Waals surface area contributed by atoms with Crippen LogP contribution in [-0.2, 0) is 6.42 Å². The first-order valence-corrected chi connectivity index (χ1v) is 5.52. The lowest BCUT2D eigenvalue weighted by atomic mass is 9.81. The van der Waals surface area contributed by atoms with E-state index < -0.39 is 0 Å². The summed E-state index contributed by atoms with van der Waals surface area (Å²) in [7, 11) is 0. The van der Waals surface area contributed by atoms with Crippen molar-refractivity contribution in [2.24, 2.45) is 11.7 Å². The van der Waals surface area contributed by atoms with Crippen LogP contribution in [-0.4, -0.2) is 10.6 Å². The molecule has 0 heterocycles. The van der Waals surface area contributed by atoms with E-state index in [1.807, 2.05) is 12.1 Å². The van der Waals surface area contributed by atoms with Gasteiger partial charge in [-0.1, -0.05) is 32.4 Å². The first kappa shape index (κ1) is 12.1. The summed E-state index contributed by atoms with van der Waals surface area (Å²) in [5.41, 5.74) is 7.28. The van der Waals surface area contributed by atoms with Crippen molar-refractivity contribution in [2.45, 2.75) is 39.2 Å². The number of aromatic hydroxyl groups is 1. The van der Waals surface area contributed by atoms with Gasteiger partial charge in [0.1, 0.15) is 5.75 Å². The molecule has 1 rings (SSSR count). The van der Waals surface area contributed by atoms with Crippen LogP contribution in [0.3, 0.4) is 0 Å². The Bertz CT molecular complexity index is 303. The number of hydrogen-bond donors (Lipinski definition) is 2. The van der Waals surface area contributed by atoms with Crippen molar-refractivity contribution < 1.29 is 5.11 Å². The number of benzene rings is 1. The Hall–Kier alpha value is -1.02. The summed E-state index contributed by atoms with van der Waals surface area (Å²) in [6, 6.07) is 7.29. The molecule has 0 saturated carbocycles. The van der Waals surface area contributed by atoms with Crippen LogP contribution in [0.5, 0.6) is 5.75 Å². The smallest absolute Gasteiger partial charge is 0.115 e. The molecule has 1 aromatic rings. The molecule has 0 aromatic heterocycles. The molecule has 0 saturated heterocycles. The van der Waals surface area contributed by atoms with Gasteiger partial charge < -0.3 is 10.8 Å². The lowest BCUT2D eigenvalue weighted by molar-refractivity contribution is 0.306. The summed E-state index contributed by atoms with van der Waals surface area (Å²) in [4.78, 5) is 0. The van der Waals surface area contributed by atoms with Gasteiger partial charge in [-0.2, -0.15) is 0 Å². The van der Waals surface area contributed by atoms with Crippen LogP contribution in [0, 0.1) is 5.92 Å². The minimum absolute atomic E-state index is 0.175. The molecule has 2 nitrogen and oxygen atoms in total. The van der Waals surface area contributed by atoms with Crippen molar-refractivity contribution in [3.8, 4) is 5.75 Å². The van der Waals surface area contributed by atoms with E-state index in [1.165, 1.54) is 5.56 Å². The van der Waals surface area contributed by atoms with Crippen LogP contribution in [0.2, 0.25) is 0 Å². The molecular weight excluding hydrogens is 186 g/mol. The second-order valence-corrected chi connectivity index (χ2v) is 4.66. The number of phenolic OH excluding ortho intramolecular Hbond substituents is 1. The Morgan fingerprint density at radius 3 is 2.33 bits per heavy atom. The quantitative estimate of drug-likeness (QED) is 0.797. The zero-order valence-corrected chi connectivity index (χ0v) is 9.83. The van der Waals surface area contributed by atoms with E-state index in [4.69, 9.17) is 5.73 Å². The first-order chi connectivity index (χ1) is 6.95. The molecule has 1 aromatic carbocycles. The van der Waals surface area contributed by atoms with E-state index >= 15 is 0 Å². The van der Waals surface area contributed by atoms with Crippen LogP contribution in [0.25, 0.3) is 0 Å². The Kier molecular flexibility index (Phi) is 3.75. The van der Waals surface area contributed by atoms with E-state index in [1.54, 1.807) is 12.1 Å². The number of phenols is 1. The topological polar surface area (TPSA) is 46.2 Å². The minimum Gasteiger partial charge on any atom is -0.508 e. The summed E-state index contributed by atoms with van der Waals surface area (Å²) in [6.45, 7) is 6.43. The average molecular weight is 207 g/mol. The standard InChI is InChI=1S/C13H21NO/c1-4-10(2)13(3,14)9-11-5-7-12(15)8-6-11/h5-8,10,15H,4,9,14H2,1-3H3. The summed E-state index contributed by atoms with van der Waals surface area (Å²) >= 11 is 0. The maximum atomic E-state index is 9.18. The van der Waals surface area contributed by atoms with Crippen molar-refractivity contribution in [1.29, 1.82) is 0 Å². The zero-order valence-electron chi connectivity index (χ0n) is 9.83. The van der Waals surface area contributed by atoms with Crippen molar-refractivity contribution >= 4 is 0 Å². The maximum Gasteiger partial charge on any atom is 0.115 e. The summed E-state index contributed by atoms with van der Waals surface area (Å²) in [5.74, 6) is 0.798. The minimum atomic E-state index is -0.175. The monoisotopic (exact) mass is 207 g/mol. The molecule has 0 aliphatic heterocycles. The molecule has 0 amide bonds. The average Bonchev–Trinajstić information content (AvgIpc) is 2.20. The van der Waals surface area contributed by atoms with E-state index in [0.29, 0.717) is 11.7 Å². The fourth-order valence-electron chi connectivity index (χ4n) is 1.69. The highest BCUT2D eigenvalue weighted by Crippen LogP contribution is 2.23. The molecule has 0 fully saturated rings. The van der Waals surface area contributed by atoms with Crippen LogP contribution in [0.4, 0.5) is 0 Å². The Morgan fingerprint density at radius 1 is 1.33 bits per heavy atom. The summed E-state index contributed by atoms with van der Waals surface area (Å²) < 4.78 is 0. The van der Waals surface area contributed by atoms with Crippen molar-refractivity contribution in [1.82, 2.24) is 0 Å². The van der Waals surface area contributed by atoms with Gasteiger partial charge in [-0.25, -0.2) is 0 Å². The van der Waals surface area contributed by atoms with Gasteiger partial charge in [0, 0.05) is 5.54 Å². The molecule has 2 atom stereocenters. The third-order valence-corrected chi connectivity index (χ3v) is 3.26. The van der Waals surface area contributed by atoms with Gasteiger partial charge in [-0.05, 0) is 37.0 Å². The van der Waals surface area contributed by atoms with E-state index in [9.17, 15) is 5.11 Å². The Morgan fingerprint density at radius 2 is 1.87 bits per heavy atom. The molecule has 3 N–H and O–H groups in total. The van der Waals surface area contributed by atoms with Crippen LogP contribution >= 0.6 is 0 Å². The molecule has 0 bridgehead atoms. The van der Waals surface area contributed by atoms with Gasteiger partial charge in [0.05, 0.1) is 0 Å². The molecular formula is C13H21NO. The third kappa shape index (κ3) is 3.24. The molecule has 0 aliphatic carbocycles. The van der Waals surface area contributed by atoms with E-state index in [2.05, 4.69) is 20.8 Å². The van der Waals surface area contributed by atoms with Crippen LogP contribution < -0.4 is 5.73 Å². The number of rotatable bonds is 4. The zero-order chi connectivity index (χ0) is 11.5. The first-order valence-electron chi connectivity index (χ1n) is 5.52. The lowest BCUT2D eigenvalue weighted by Gasteiger charge is -2.31. The van der Waals surface area contributed by atoms with Gasteiger partial charge in [0.25, 0.3) is 0 Å². The predicted molar refractivity (Wildman–Crippen MR) is 63.9 cm³/mol. The highest BCUT2D eigenvalue weighted by Gasteiger charge is 2.25. The summed E-state index contributed by atoms with van der Waals surface area (Å²) in [5, 5.41) is 9.18. The summed E-state index contributed by atoms with van der Waals surface area (Å²) in [6.07, 6.45) is 1.94. The van der Waals surface area contributed by atoms with Gasteiger partial charge in [-0.15, -0.1) is 0 Å². The van der Waals surface area contributed by atoms with Crippen molar-refractivity contribution in [3.05, 3.63) is 29.8 Å². The van der Waals surface area contributed by atoms with Crippen molar-refractivity contribution in [2.75, 3.05) is 0 Å². The predicted octanol–water partition coefficient (Wildman–Crippen LogP) is 2.70. The third-order valence-electron chi connectivity index (χ3n) is 3.26. The van der Waals surface area contributed by atoms with Gasteiger partial charge >= 0.3 is 0 Å². The SMILES string of the molecule is CCC(C)C(C)(N)Cc1ccc(O)cc1. The van der Waals surface area contributed by atoms with Crippen molar-refractivity contribution in [3.63, 3.8) is 0 Å². The number of nitrogens with two attached hydrogens (primary N) is 1. The second-order valence-electron chi connectivity index (χ2n) is 4.66. The molecule has 84 valence electrons. The molecule has 0 spiro atoms. The molecule has 0 aliphatic rings. The van der Waals surface area contributed by atoms with Gasteiger partial charge in [0.2, 0.25) is 0 Å². The highest BCUT2D eigenvalue weighted by molar-refractivity contribution is 5.27. The van der Waals surface area contributed by atoms with E-state index in [-0.39, 0.29) is 5.54 Å². The lowest BCUT2D eigenvalue weighted by Crippen LogP contribution is -2.44. The number of hydrogen-bond acceptors (Lipinski definition) is 2. The molecule has 0 radical (unpaired) electrons. The molecule has 2 heteroatoms. The largest absolute Gasteiger partial charge is 0.508 e. The van der Waals surface area contributed by atoms with Gasteiger partial charge in [-0.3, -0.25) is 0 Å². The fourth-order valence-corrected chi connectivity index (χ4v) is 1.69. The normalized spacial score (nSPS) is 17.1. The van der Waals surface area contributed by atoms with Crippen LogP contribution in [0.1, 0.15) is 32.8 Å². The Balaban J connectivity index is 2.72. The van der Waals surface area contributed by atoms with Crippen LogP contribution in [0.15, 0.2) is 24.3 Å².